The molecule has 0 unspecified atom stereocenters. The summed E-state index contributed by atoms with van der Waals surface area (Å²) in [5, 5.41) is 2.83. The number of anilines is 1. The zero-order valence-electron chi connectivity index (χ0n) is 14.9. The van der Waals surface area contributed by atoms with E-state index in [-0.39, 0.29) is 5.91 Å². The molecule has 0 saturated carbocycles. The third-order valence-electron chi connectivity index (χ3n) is 4.33. The summed E-state index contributed by atoms with van der Waals surface area (Å²) in [5.74, 6) is 0.610. The number of hydrogen-bond acceptors (Lipinski definition) is 4. The fraction of sp³-hybridized carbons (Fsp3) is 0.316. The fourth-order valence-electron chi connectivity index (χ4n) is 3.00. The minimum Gasteiger partial charge on any atom is -0.491 e. The molecule has 2 aromatic carbocycles. The zero-order valence-corrected chi connectivity index (χ0v) is 15.7. The van der Waals surface area contributed by atoms with Gasteiger partial charge in [-0.15, -0.1) is 0 Å². The number of nitrogens with one attached hydrogen (secondary N) is 1. The number of fused-ring (bicyclic) bond motifs is 1. The van der Waals surface area contributed by atoms with Crippen LogP contribution in [0.25, 0.3) is 0 Å². The molecule has 1 aliphatic rings. The number of carbonyl (C=O) groups excluding carboxylic acids is 1. The van der Waals surface area contributed by atoms with Crippen LogP contribution in [-0.2, 0) is 16.4 Å². The Bertz CT molecular complexity index is 925. The van der Waals surface area contributed by atoms with Crippen LogP contribution in [0.15, 0.2) is 42.5 Å². The van der Waals surface area contributed by atoms with E-state index < -0.39 is 10.0 Å². The van der Waals surface area contributed by atoms with E-state index in [2.05, 4.69) is 5.32 Å². The Kier molecular flexibility index (Phi) is 5.18. The number of sulfonamides is 1. The molecule has 3 rings (SSSR count). The minimum absolute atomic E-state index is 0.195. The van der Waals surface area contributed by atoms with Gasteiger partial charge < -0.3 is 10.1 Å². The van der Waals surface area contributed by atoms with E-state index in [9.17, 15) is 13.2 Å². The van der Waals surface area contributed by atoms with Crippen molar-refractivity contribution in [3.63, 3.8) is 0 Å². The number of rotatable bonds is 6. The predicted octanol–water partition coefficient (Wildman–Crippen LogP) is 2.13. The van der Waals surface area contributed by atoms with E-state index in [1.165, 1.54) is 10.6 Å². The number of benzene rings is 2. The van der Waals surface area contributed by atoms with Crippen molar-refractivity contribution in [3.05, 3.63) is 59.2 Å². The lowest BCUT2D eigenvalue weighted by molar-refractivity contribution is 0.0947. The van der Waals surface area contributed by atoms with Crippen LogP contribution in [0.5, 0.6) is 5.75 Å². The fourth-order valence-corrected chi connectivity index (χ4v) is 3.96. The maximum atomic E-state index is 12.3. The number of carbonyl (C=O) groups is 1. The van der Waals surface area contributed by atoms with Crippen LogP contribution in [0.4, 0.5) is 5.69 Å². The summed E-state index contributed by atoms with van der Waals surface area (Å²) < 4.78 is 30.6. The van der Waals surface area contributed by atoms with Crippen molar-refractivity contribution in [1.29, 1.82) is 0 Å². The quantitative estimate of drug-likeness (QED) is 0.786. The Morgan fingerprint density at radius 2 is 2.00 bits per heavy atom. The lowest BCUT2D eigenvalue weighted by atomic mass is 10.1. The Hall–Kier alpha value is -2.54. The standard InChI is InChI=1S/C19H22N2O4S/c1-14-5-3-4-6-18(14)25-12-10-20-19(22)16-7-8-17-15(13-16)9-11-21(17)26(2,23)24/h3-8,13H,9-12H2,1-2H3,(H,20,22). The van der Waals surface area contributed by atoms with Gasteiger partial charge in [0, 0.05) is 12.1 Å². The monoisotopic (exact) mass is 374 g/mol. The molecule has 1 aliphatic heterocycles. The van der Waals surface area contributed by atoms with Gasteiger partial charge in [0.1, 0.15) is 12.4 Å². The van der Waals surface area contributed by atoms with E-state index in [1.54, 1.807) is 18.2 Å². The van der Waals surface area contributed by atoms with Crippen LogP contribution in [0.3, 0.4) is 0 Å². The number of amides is 1. The Morgan fingerprint density at radius 3 is 2.73 bits per heavy atom. The van der Waals surface area contributed by atoms with E-state index >= 15 is 0 Å². The van der Waals surface area contributed by atoms with Crippen molar-refractivity contribution >= 4 is 21.6 Å². The first-order valence-corrected chi connectivity index (χ1v) is 10.3. The Balaban J connectivity index is 1.57. The van der Waals surface area contributed by atoms with E-state index in [1.807, 2.05) is 31.2 Å². The van der Waals surface area contributed by atoms with Crippen LogP contribution in [0.2, 0.25) is 0 Å². The first-order chi connectivity index (χ1) is 12.4. The number of ether oxygens (including phenoxy) is 1. The van der Waals surface area contributed by atoms with E-state index in [4.69, 9.17) is 4.74 Å². The van der Waals surface area contributed by atoms with Crippen molar-refractivity contribution in [2.24, 2.45) is 0 Å². The predicted molar refractivity (Wildman–Crippen MR) is 101 cm³/mol. The van der Waals surface area contributed by atoms with Crippen LogP contribution < -0.4 is 14.4 Å². The summed E-state index contributed by atoms with van der Waals surface area (Å²) in [7, 11) is -3.28. The maximum absolute atomic E-state index is 12.3. The molecule has 0 fully saturated rings. The summed E-state index contributed by atoms with van der Waals surface area (Å²) in [6.45, 7) is 3.16. The molecule has 2 aromatic rings. The second-order valence-corrected chi connectivity index (χ2v) is 8.21. The summed E-state index contributed by atoms with van der Waals surface area (Å²) in [4.78, 5) is 12.3. The molecule has 0 atom stereocenters. The van der Waals surface area contributed by atoms with Gasteiger partial charge >= 0.3 is 0 Å². The largest absolute Gasteiger partial charge is 0.491 e. The topological polar surface area (TPSA) is 75.7 Å². The maximum Gasteiger partial charge on any atom is 0.251 e. The van der Waals surface area contributed by atoms with Gasteiger partial charge in [-0.05, 0) is 48.7 Å². The molecule has 0 spiro atoms. The number of para-hydroxylation sites is 1. The molecule has 6 nitrogen and oxygen atoms in total. The van der Waals surface area contributed by atoms with Gasteiger partial charge in [0.25, 0.3) is 5.91 Å². The van der Waals surface area contributed by atoms with Crippen LogP contribution in [0.1, 0.15) is 21.5 Å². The molecule has 0 aliphatic carbocycles. The molecule has 7 heteroatoms. The molecule has 138 valence electrons. The lowest BCUT2D eigenvalue weighted by Gasteiger charge is -2.16. The lowest BCUT2D eigenvalue weighted by Crippen LogP contribution is -2.28. The second kappa shape index (κ2) is 7.37. The Morgan fingerprint density at radius 1 is 1.23 bits per heavy atom. The van der Waals surface area contributed by atoms with Crippen LogP contribution in [0, 0.1) is 6.92 Å². The van der Waals surface area contributed by atoms with E-state index in [0.717, 1.165) is 16.9 Å². The van der Waals surface area contributed by atoms with Gasteiger partial charge in [-0.25, -0.2) is 8.42 Å². The highest BCUT2D eigenvalue weighted by atomic mass is 32.2. The van der Waals surface area contributed by atoms with Gasteiger partial charge in [0.05, 0.1) is 18.5 Å². The number of aryl methyl sites for hydroxylation is 1. The first kappa shape index (κ1) is 18.3. The molecule has 1 amide bonds. The normalized spacial score (nSPS) is 13.4. The number of nitrogens with zero attached hydrogens (tertiary/aromatic N) is 1. The third kappa shape index (κ3) is 3.99. The SMILES string of the molecule is Cc1ccccc1OCCNC(=O)c1ccc2c(c1)CCN2S(C)(=O)=O. The average molecular weight is 374 g/mol. The number of hydrogen-bond donors (Lipinski definition) is 1. The zero-order chi connectivity index (χ0) is 18.7. The van der Waals surface area contributed by atoms with Crippen molar-refractivity contribution in [2.45, 2.75) is 13.3 Å². The molecule has 1 N–H and O–H groups in total. The molecular formula is C19H22N2O4S. The average Bonchev–Trinajstić information content (AvgIpc) is 3.03. The van der Waals surface area contributed by atoms with Gasteiger partial charge in [-0.1, -0.05) is 18.2 Å². The van der Waals surface area contributed by atoms with Crippen molar-refractivity contribution < 1.29 is 17.9 Å². The third-order valence-corrected chi connectivity index (χ3v) is 5.51. The summed E-state index contributed by atoms with van der Waals surface area (Å²) in [6, 6.07) is 12.8. The van der Waals surface area contributed by atoms with Gasteiger partial charge in [-0.2, -0.15) is 0 Å². The minimum atomic E-state index is -3.28. The van der Waals surface area contributed by atoms with Gasteiger partial charge in [-0.3, -0.25) is 9.10 Å². The summed E-state index contributed by atoms with van der Waals surface area (Å²) in [6.07, 6.45) is 1.80. The summed E-state index contributed by atoms with van der Waals surface area (Å²) in [5.41, 5.74) is 3.11. The van der Waals surface area contributed by atoms with E-state index in [0.29, 0.717) is 37.4 Å². The Labute approximate surface area is 153 Å². The molecule has 1 heterocycles. The highest BCUT2D eigenvalue weighted by Gasteiger charge is 2.26. The molecule has 26 heavy (non-hydrogen) atoms. The molecule has 0 bridgehead atoms. The summed E-state index contributed by atoms with van der Waals surface area (Å²) >= 11 is 0. The smallest absolute Gasteiger partial charge is 0.251 e. The van der Waals surface area contributed by atoms with Crippen molar-refractivity contribution in [1.82, 2.24) is 5.32 Å². The van der Waals surface area contributed by atoms with Crippen molar-refractivity contribution in [2.75, 3.05) is 30.3 Å². The van der Waals surface area contributed by atoms with Gasteiger partial charge in [0.2, 0.25) is 10.0 Å². The molecule has 0 aromatic heterocycles. The van der Waals surface area contributed by atoms with Gasteiger partial charge in [0.15, 0.2) is 0 Å². The second-order valence-electron chi connectivity index (χ2n) is 6.30. The van der Waals surface area contributed by atoms with Crippen molar-refractivity contribution in [3.8, 4) is 5.75 Å². The van der Waals surface area contributed by atoms with Crippen LogP contribution >= 0.6 is 0 Å². The highest BCUT2D eigenvalue weighted by molar-refractivity contribution is 7.92. The molecule has 0 radical (unpaired) electrons. The molecular weight excluding hydrogens is 352 g/mol. The highest BCUT2D eigenvalue weighted by Crippen LogP contribution is 2.30. The first-order valence-electron chi connectivity index (χ1n) is 8.43. The molecule has 0 saturated heterocycles. The van der Waals surface area contributed by atoms with Crippen LogP contribution in [-0.4, -0.2) is 40.3 Å².